The Hall–Kier alpha value is -2.89. The summed E-state index contributed by atoms with van der Waals surface area (Å²) in [5.74, 6) is 0.784. The van der Waals surface area contributed by atoms with Crippen molar-refractivity contribution in [2.75, 3.05) is 6.54 Å². The Bertz CT molecular complexity index is 950. The van der Waals surface area contributed by atoms with Crippen LogP contribution in [0.25, 0.3) is 16.9 Å². The lowest BCUT2D eigenvalue weighted by Gasteiger charge is -2.17. The lowest BCUT2D eigenvalue weighted by molar-refractivity contribution is -0.128. The summed E-state index contributed by atoms with van der Waals surface area (Å²) >= 11 is 0. The van der Waals surface area contributed by atoms with Crippen LogP contribution in [0, 0.1) is 5.92 Å². The van der Waals surface area contributed by atoms with Gasteiger partial charge in [0.05, 0.1) is 6.54 Å². The maximum absolute atomic E-state index is 12.5. The molecule has 1 N–H and O–H groups in total. The molecule has 0 bridgehead atoms. The molecule has 1 fully saturated rings. The van der Waals surface area contributed by atoms with Crippen molar-refractivity contribution < 1.29 is 9.90 Å². The fraction of sp³-hybridized carbons (Fsp3) is 0.350. The minimum atomic E-state index is 0.175. The number of fused-ring (bicyclic) bond motifs is 1. The zero-order chi connectivity index (χ0) is 18.1. The van der Waals surface area contributed by atoms with Crippen molar-refractivity contribution in [1.29, 1.82) is 0 Å². The molecule has 0 radical (unpaired) electrons. The number of carbonyl (C=O) groups excluding carboxylic acids is 1. The second kappa shape index (κ2) is 6.78. The van der Waals surface area contributed by atoms with Crippen LogP contribution in [-0.4, -0.2) is 37.1 Å². The smallest absolute Gasteiger partial charge is 0.223 e. The topological polar surface area (TPSA) is 70.7 Å². The molecule has 0 spiro atoms. The van der Waals surface area contributed by atoms with Gasteiger partial charge in [-0.25, -0.2) is 9.50 Å². The van der Waals surface area contributed by atoms with Gasteiger partial charge in [-0.3, -0.25) is 4.79 Å². The Balaban J connectivity index is 1.75. The molecule has 1 atom stereocenters. The Morgan fingerprint density at radius 1 is 1.27 bits per heavy atom. The van der Waals surface area contributed by atoms with Crippen molar-refractivity contribution in [2.24, 2.45) is 5.92 Å². The highest BCUT2D eigenvalue weighted by atomic mass is 16.3. The van der Waals surface area contributed by atoms with Gasteiger partial charge in [0, 0.05) is 36.5 Å². The zero-order valence-corrected chi connectivity index (χ0v) is 14.8. The Morgan fingerprint density at radius 2 is 2.12 bits per heavy atom. The van der Waals surface area contributed by atoms with Crippen LogP contribution in [0.1, 0.15) is 31.7 Å². The molecule has 1 saturated heterocycles. The van der Waals surface area contributed by atoms with Crippen LogP contribution >= 0.6 is 0 Å². The van der Waals surface area contributed by atoms with Gasteiger partial charge in [0.2, 0.25) is 5.91 Å². The first kappa shape index (κ1) is 16.6. The monoisotopic (exact) mass is 350 g/mol. The van der Waals surface area contributed by atoms with Gasteiger partial charge in [-0.05, 0) is 30.5 Å². The molecule has 1 aliphatic heterocycles. The van der Waals surface area contributed by atoms with E-state index in [1.54, 1.807) is 22.8 Å². The second-order valence-electron chi connectivity index (χ2n) is 6.87. The summed E-state index contributed by atoms with van der Waals surface area (Å²) in [6.45, 7) is 3.39. The molecule has 2 aromatic heterocycles. The van der Waals surface area contributed by atoms with Crippen molar-refractivity contribution in [3.8, 4) is 17.0 Å². The summed E-state index contributed by atoms with van der Waals surface area (Å²) in [6.07, 6.45) is 6.34. The standard InChI is InChI=1S/C20H22N4O2/c1-2-6-14-11-18(26)23(12-14)13-16-19(15-7-3-4-8-17(15)25)22-24-10-5-9-21-20(16)24/h3-5,7-10,14,25H,2,6,11-13H2,1H3. The lowest BCUT2D eigenvalue weighted by atomic mass is 10.0. The van der Waals surface area contributed by atoms with Gasteiger partial charge in [-0.15, -0.1) is 0 Å². The quantitative estimate of drug-likeness (QED) is 0.767. The summed E-state index contributed by atoms with van der Waals surface area (Å²) in [5, 5.41) is 14.9. The largest absolute Gasteiger partial charge is 0.507 e. The van der Waals surface area contributed by atoms with E-state index < -0.39 is 0 Å². The summed E-state index contributed by atoms with van der Waals surface area (Å²) in [6, 6.07) is 8.96. The number of aromatic hydroxyl groups is 1. The molecule has 6 nitrogen and oxygen atoms in total. The van der Waals surface area contributed by atoms with Crippen molar-refractivity contribution in [3.63, 3.8) is 0 Å². The number of phenols is 1. The van der Waals surface area contributed by atoms with Crippen LogP contribution in [-0.2, 0) is 11.3 Å². The first-order valence-electron chi connectivity index (χ1n) is 9.05. The van der Waals surface area contributed by atoms with Gasteiger partial charge in [0.25, 0.3) is 0 Å². The van der Waals surface area contributed by atoms with Crippen LogP contribution in [0.2, 0.25) is 0 Å². The SMILES string of the molecule is CCCC1CC(=O)N(Cc2c(-c3ccccc3O)nn3cccnc23)C1. The molecule has 1 aromatic carbocycles. The first-order valence-corrected chi connectivity index (χ1v) is 9.05. The predicted molar refractivity (Wildman–Crippen MR) is 98.5 cm³/mol. The van der Waals surface area contributed by atoms with E-state index in [2.05, 4.69) is 17.0 Å². The number of para-hydroxylation sites is 1. The summed E-state index contributed by atoms with van der Waals surface area (Å²) in [7, 11) is 0. The summed E-state index contributed by atoms with van der Waals surface area (Å²) in [5.41, 5.74) is 2.92. The van der Waals surface area contributed by atoms with Crippen molar-refractivity contribution in [2.45, 2.75) is 32.7 Å². The van der Waals surface area contributed by atoms with E-state index in [9.17, 15) is 9.90 Å². The van der Waals surface area contributed by atoms with E-state index in [0.717, 1.165) is 30.6 Å². The molecule has 1 aliphatic rings. The lowest BCUT2D eigenvalue weighted by Crippen LogP contribution is -2.25. The van der Waals surface area contributed by atoms with Crippen LogP contribution in [0.15, 0.2) is 42.7 Å². The number of hydrogen-bond donors (Lipinski definition) is 1. The van der Waals surface area contributed by atoms with Crippen LogP contribution in [0.5, 0.6) is 5.75 Å². The van der Waals surface area contributed by atoms with Crippen LogP contribution in [0.3, 0.4) is 0 Å². The number of carbonyl (C=O) groups is 1. The molecule has 134 valence electrons. The Labute approximate surface area is 152 Å². The zero-order valence-electron chi connectivity index (χ0n) is 14.8. The van der Waals surface area contributed by atoms with Gasteiger partial charge in [-0.1, -0.05) is 25.5 Å². The van der Waals surface area contributed by atoms with E-state index >= 15 is 0 Å². The highest BCUT2D eigenvalue weighted by Gasteiger charge is 2.31. The Kier molecular flexibility index (Phi) is 4.32. The molecule has 1 amide bonds. The van der Waals surface area contributed by atoms with E-state index in [0.29, 0.717) is 30.1 Å². The average molecular weight is 350 g/mol. The van der Waals surface area contributed by atoms with Crippen molar-refractivity contribution in [3.05, 3.63) is 48.3 Å². The molecule has 3 heterocycles. The molecular weight excluding hydrogens is 328 g/mol. The fourth-order valence-corrected chi connectivity index (χ4v) is 3.77. The van der Waals surface area contributed by atoms with Crippen molar-refractivity contribution in [1.82, 2.24) is 19.5 Å². The fourth-order valence-electron chi connectivity index (χ4n) is 3.77. The number of benzene rings is 1. The van der Waals surface area contributed by atoms with E-state index in [-0.39, 0.29) is 11.7 Å². The number of amides is 1. The number of aromatic nitrogens is 3. The minimum Gasteiger partial charge on any atom is -0.507 e. The van der Waals surface area contributed by atoms with Crippen LogP contribution in [0.4, 0.5) is 0 Å². The van der Waals surface area contributed by atoms with E-state index in [1.807, 2.05) is 29.3 Å². The number of hydrogen-bond acceptors (Lipinski definition) is 4. The van der Waals surface area contributed by atoms with Gasteiger partial charge >= 0.3 is 0 Å². The molecule has 3 aromatic rings. The number of likely N-dealkylation sites (tertiary alicyclic amines) is 1. The van der Waals surface area contributed by atoms with Gasteiger partial charge < -0.3 is 10.0 Å². The van der Waals surface area contributed by atoms with Gasteiger partial charge in [0.15, 0.2) is 5.65 Å². The Morgan fingerprint density at radius 3 is 2.92 bits per heavy atom. The summed E-state index contributed by atoms with van der Waals surface area (Å²) in [4.78, 5) is 18.8. The molecular formula is C20H22N4O2. The molecule has 6 heteroatoms. The number of nitrogens with zero attached hydrogens (tertiary/aromatic N) is 4. The van der Waals surface area contributed by atoms with Gasteiger partial charge in [0.1, 0.15) is 11.4 Å². The maximum atomic E-state index is 12.5. The second-order valence-corrected chi connectivity index (χ2v) is 6.87. The molecule has 0 aliphatic carbocycles. The number of rotatable bonds is 5. The third-order valence-electron chi connectivity index (χ3n) is 4.99. The third kappa shape index (κ3) is 2.92. The van der Waals surface area contributed by atoms with E-state index in [4.69, 9.17) is 0 Å². The molecule has 4 rings (SSSR count). The molecule has 1 unspecified atom stereocenters. The molecule has 0 saturated carbocycles. The van der Waals surface area contributed by atoms with Crippen LogP contribution < -0.4 is 0 Å². The normalized spacial score (nSPS) is 17.3. The minimum absolute atomic E-state index is 0.175. The first-order chi connectivity index (χ1) is 12.7. The predicted octanol–water partition coefficient (Wildman–Crippen LogP) is 3.25. The molecule has 26 heavy (non-hydrogen) atoms. The average Bonchev–Trinajstić information content (AvgIpc) is 3.17. The van der Waals surface area contributed by atoms with Crippen molar-refractivity contribution >= 4 is 11.6 Å². The maximum Gasteiger partial charge on any atom is 0.223 e. The summed E-state index contributed by atoms with van der Waals surface area (Å²) < 4.78 is 1.71. The third-order valence-corrected chi connectivity index (χ3v) is 4.99. The van der Waals surface area contributed by atoms with Gasteiger partial charge in [-0.2, -0.15) is 5.10 Å². The highest BCUT2D eigenvalue weighted by Crippen LogP contribution is 2.34. The van der Waals surface area contributed by atoms with E-state index in [1.165, 1.54) is 0 Å². The highest BCUT2D eigenvalue weighted by molar-refractivity contribution is 5.80. The number of phenolic OH excluding ortho intramolecular Hbond substituents is 1.